The van der Waals surface area contributed by atoms with Gasteiger partial charge in [0.1, 0.15) is 0 Å². The van der Waals surface area contributed by atoms with E-state index in [1.54, 1.807) is 0 Å². The van der Waals surface area contributed by atoms with Gasteiger partial charge in [0, 0.05) is 17.6 Å². The van der Waals surface area contributed by atoms with Crippen LogP contribution in [0.1, 0.15) is 49.0 Å². The van der Waals surface area contributed by atoms with Gasteiger partial charge in [0.05, 0.1) is 0 Å². The van der Waals surface area contributed by atoms with Gasteiger partial charge in [-0.3, -0.25) is 4.79 Å². The molecule has 2 atom stereocenters. The van der Waals surface area contributed by atoms with E-state index in [4.69, 9.17) is 5.73 Å². The average molecular weight is 260 g/mol. The molecule has 2 unspecified atom stereocenters. The van der Waals surface area contributed by atoms with E-state index in [1.165, 1.54) is 0 Å². The summed E-state index contributed by atoms with van der Waals surface area (Å²) >= 11 is 0. The van der Waals surface area contributed by atoms with Gasteiger partial charge in [-0.25, -0.2) is 0 Å². The number of benzene rings is 1. The monoisotopic (exact) mass is 260 g/mol. The summed E-state index contributed by atoms with van der Waals surface area (Å²) in [5.41, 5.74) is 7.53. The smallest absolute Gasteiger partial charge is 0.254 e. The van der Waals surface area contributed by atoms with Crippen molar-refractivity contribution in [3.8, 4) is 0 Å². The molecule has 0 aromatic heterocycles. The summed E-state index contributed by atoms with van der Waals surface area (Å²) in [6, 6.07) is 8.66. The molecule has 104 valence electrons. The quantitative estimate of drug-likeness (QED) is 0.904. The number of nitrogens with two attached hydrogens (primary N) is 1. The summed E-state index contributed by atoms with van der Waals surface area (Å²) in [7, 11) is 0. The molecule has 1 aromatic rings. The summed E-state index contributed by atoms with van der Waals surface area (Å²) in [5.74, 6) is 0.177. The fraction of sp³-hybridized carbons (Fsp3) is 0.562. The Hall–Kier alpha value is -1.35. The van der Waals surface area contributed by atoms with Crippen LogP contribution in [0.15, 0.2) is 24.3 Å². The molecule has 3 heteroatoms. The SMILES string of the molecule is CCC1CCC(C)N1C(=O)c1cccc(CCN)c1. The maximum Gasteiger partial charge on any atom is 0.254 e. The van der Waals surface area contributed by atoms with Crippen molar-refractivity contribution in [3.63, 3.8) is 0 Å². The first kappa shape index (κ1) is 14.1. The molecule has 2 rings (SSSR count). The molecule has 1 amide bonds. The Kier molecular flexibility index (Phi) is 4.59. The molecule has 1 aliphatic rings. The van der Waals surface area contributed by atoms with E-state index in [1.807, 2.05) is 24.3 Å². The maximum absolute atomic E-state index is 12.7. The molecule has 0 bridgehead atoms. The highest BCUT2D eigenvalue weighted by Gasteiger charge is 2.33. The fourth-order valence-corrected chi connectivity index (χ4v) is 3.01. The second-order valence-corrected chi connectivity index (χ2v) is 5.44. The summed E-state index contributed by atoms with van der Waals surface area (Å²) < 4.78 is 0. The van der Waals surface area contributed by atoms with Gasteiger partial charge in [0.15, 0.2) is 0 Å². The van der Waals surface area contributed by atoms with Crippen LogP contribution in [0.25, 0.3) is 0 Å². The van der Waals surface area contributed by atoms with Crippen LogP contribution in [-0.2, 0) is 6.42 Å². The van der Waals surface area contributed by atoms with Crippen LogP contribution >= 0.6 is 0 Å². The van der Waals surface area contributed by atoms with Gasteiger partial charge < -0.3 is 10.6 Å². The number of hydrogen-bond donors (Lipinski definition) is 1. The molecule has 2 N–H and O–H groups in total. The molecule has 1 heterocycles. The first-order chi connectivity index (χ1) is 9.17. The molecule has 0 aliphatic carbocycles. The Balaban J connectivity index is 2.20. The van der Waals surface area contributed by atoms with E-state index in [0.29, 0.717) is 18.6 Å². The van der Waals surface area contributed by atoms with Crippen molar-refractivity contribution in [2.75, 3.05) is 6.54 Å². The van der Waals surface area contributed by atoms with Crippen LogP contribution in [0.4, 0.5) is 0 Å². The van der Waals surface area contributed by atoms with Gasteiger partial charge in [-0.1, -0.05) is 19.1 Å². The largest absolute Gasteiger partial charge is 0.333 e. The van der Waals surface area contributed by atoms with Gasteiger partial charge in [-0.15, -0.1) is 0 Å². The molecule has 0 radical (unpaired) electrons. The second-order valence-electron chi connectivity index (χ2n) is 5.44. The van der Waals surface area contributed by atoms with Crippen molar-refractivity contribution in [1.82, 2.24) is 4.90 Å². The van der Waals surface area contributed by atoms with Crippen molar-refractivity contribution >= 4 is 5.91 Å². The standard InChI is InChI=1S/C16H24N2O/c1-3-15-8-7-12(2)18(15)16(19)14-6-4-5-13(11-14)9-10-17/h4-6,11-12,15H,3,7-10,17H2,1-2H3. The first-order valence-corrected chi connectivity index (χ1v) is 7.29. The predicted octanol–water partition coefficient (Wildman–Crippen LogP) is 2.59. The summed E-state index contributed by atoms with van der Waals surface area (Å²) in [6.45, 7) is 4.93. The lowest BCUT2D eigenvalue weighted by atomic mass is 10.1. The van der Waals surface area contributed by atoms with E-state index >= 15 is 0 Å². The Labute approximate surface area is 115 Å². The Morgan fingerprint density at radius 1 is 1.42 bits per heavy atom. The molecule has 3 nitrogen and oxygen atoms in total. The van der Waals surface area contributed by atoms with E-state index in [0.717, 1.165) is 36.8 Å². The first-order valence-electron chi connectivity index (χ1n) is 7.29. The number of carbonyl (C=O) groups excluding carboxylic acids is 1. The third-order valence-electron chi connectivity index (χ3n) is 4.10. The van der Waals surface area contributed by atoms with Gasteiger partial charge in [0.25, 0.3) is 5.91 Å². The minimum atomic E-state index is 0.177. The van der Waals surface area contributed by atoms with Crippen molar-refractivity contribution in [3.05, 3.63) is 35.4 Å². The highest BCUT2D eigenvalue weighted by atomic mass is 16.2. The average Bonchev–Trinajstić information content (AvgIpc) is 2.80. The molecule has 0 spiro atoms. The lowest BCUT2D eigenvalue weighted by Crippen LogP contribution is -2.39. The number of likely N-dealkylation sites (tertiary alicyclic amines) is 1. The number of carbonyl (C=O) groups is 1. The van der Waals surface area contributed by atoms with Crippen LogP contribution in [0, 0.1) is 0 Å². The van der Waals surface area contributed by atoms with Gasteiger partial charge >= 0.3 is 0 Å². The number of rotatable bonds is 4. The van der Waals surface area contributed by atoms with E-state index in [2.05, 4.69) is 18.7 Å². The van der Waals surface area contributed by atoms with Crippen LogP contribution in [0.3, 0.4) is 0 Å². The minimum absolute atomic E-state index is 0.177. The highest BCUT2D eigenvalue weighted by molar-refractivity contribution is 5.95. The Bertz CT molecular complexity index is 444. The maximum atomic E-state index is 12.7. The zero-order valence-corrected chi connectivity index (χ0v) is 11.9. The molecular weight excluding hydrogens is 236 g/mol. The van der Waals surface area contributed by atoms with Gasteiger partial charge in [0.2, 0.25) is 0 Å². The molecular formula is C16H24N2O. The third-order valence-corrected chi connectivity index (χ3v) is 4.10. The fourth-order valence-electron chi connectivity index (χ4n) is 3.01. The number of amides is 1. The van der Waals surface area contributed by atoms with E-state index in [9.17, 15) is 4.79 Å². The zero-order chi connectivity index (χ0) is 13.8. The molecule has 0 saturated carbocycles. The Morgan fingerprint density at radius 3 is 2.89 bits per heavy atom. The normalized spacial score (nSPS) is 22.8. The summed E-state index contributed by atoms with van der Waals surface area (Å²) in [4.78, 5) is 14.7. The molecule has 1 aliphatic heterocycles. The van der Waals surface area contributed by atoms with E-state index < -0.39 is 0 Å². The lowest BCUT2D eigenvalue weighted by molar-refractivity contribution is 0.0676. The number of nitrogens with zero attached hydrogens (tertiary/aromatic N) is 1. The van der Waals surface area contributed by atoms with Crippen LogP contribution in [0.5, 0.6) is 0 Å². The van der Waals surface area contributed by atoms with Gasteiger partial charge in [-0.2, -0.15) is 0 Å². The summed E-state index contributed by atoms with van der Waals surface area (Å²) in [6.07, 6.45) is 4.12. The molecule has 1 aromatic carbocycles. The molecule has 1 saturated heterocycles. The third kappa shape index (κ3) is 2.98. The lowest BCUT2D eigenvalue weighted by Gasteiger charge is -2.28. The second kappa shape index (κ2) is 6.20. The van der Waals surface area contributed by atoms with Crippen LogP contribution < -0.4 is 5.73 Å². The topological polar surface area (TPSA) is 46.3 Å². The Morgan fingerprint density at radius 2 is 2.21 bits per heavy atom. The van der Waals surface area contributed by atoms with Crippen LogP contribution in [0.2, 0.25) is 0 Å². The zero-order valence-electron chi connectivity index (χ0n) is 11.9. The molecule has 19 heavy (non-hydrogen) atoms. The number of hydrogen-bond acceptors (Lipinski definition) is 2. The summed E-state index contributed by atoms with van der Waals surface area (Å²) in [5, 5.41) is 0. The van der Waals surface area contributed by atoms with E-state index in [-0.39, 0.29) is 5.91 Å². The van der Waals surface area contributed by atoms with Crippen molar-refractivity contribution in [2.24, 2.45) is 5.73 Å². The van der Waals surface area contributed by atoms with Crippen LogP contribution in [-0.4, -0.2) is 29.4 Å². The minimum Gasteiger partial charge on any atom is -0.333 e. The molecule has 1 fully saturated rings. The van der Waals surface area contributed by atoms with Gasteiger partial charge in [-0.05, 0) is 56.8 Å². The predicted molar refractivity (Wildman–Crippen MR) is 78.1 cm³/mol. The van der Waals surface area contributed by atoms with Crippen molar-refractivity contribution < 1.29 is 4.79 Å². The van der Waals surface area contributed by atoms with Crippen molar-refractivity contribution in [1.29, 1.82) is 0 Å². The highest BCUT2D eigenvalue weighted by Crippen LogP contribution is 2.28. The van der Waals surface area contributed by atoms with Crippen molar-refractivity contribution in [2.45, 2.75) is 51.6 Å².